The van der Waals surface area contributed by atoms with Crippen LogP contribution in [0, 0.1) is 0 Å². The van der Waals surface area contributed by atoms with Crippen molar-refractivity contribution in [1.82, 2.24) is 0 Å². The van der Waals surface area contributed by atoms with Crippen molar-refractivity contribution < 1.29 is 4.74 Å². The van der Waals surface area contributed by atoms with Crippen molar-refractivity contribution in [3.8, 4) is 22.3 Å². The van der Waals surface area contributed by atoms with E-state index in [1.807, 2.05) is 30.3 Å². The topological polar surface area (TPSA) is 50.9 Å². The van der Waals surface area contributed by atoms with Crippen molar-refractivity contribution in [1.29, 1.82) is 0 Å². The number of hydrogen-bond donors (Lipinski definition) is 1. The number of benzene rings is 8. The van der Waals surface area contributed by atoms with Crippen LogP contribution in [0.4, 0.5) is 22.7 Å². The summed E-state index contributed by atoms with van der Waals surface area (Å²) in [5, 5.41) is 7.30. The molecule has 4 heteroatoms. The quantitative estimate of drug-likeness (QED) is 0.0858. The van der Waals surface area contributed by atoms with Gasteiger partial charge in [0.2, 0.25) is 5.90 Å². The highest BCUT2D eigenvalue weighted by Gasteiger charge is 2.21. The normalized spacial score (nSPS) is 11.7. The van der Waals surface area contributed by atoms with Gasteiger partial charge in [-0.05, 0) is 91.0 Å². The minimum atomic E-state index is 0.489. The summed E-state index contributed by atoms with van der Waals surface area (Å²) in [6.07, 6.45) is 0. The zero-order valence-corrected chi connectivity index (χ0v) is 27.5. The van der Waals surface area contributed by atoms with Crippen LogP contribution in [0.15, 0.2) is 169 Å². The fourth-order valence-electron chi connectivity index (χ4n) is 7.02. The Morgan fingerprint density at radius 2 is 1.14 bits per heavy atom. The number of rotatable bonds is 6. The Hall–Kier alpha value is -6.39. The van der Waals surface area contributed by atoms with Crippen LogP contribution in [0.3, 0.4) is 0 Å². The molecule has 0 aromatic heterocycles. The molecular formula is C45H35N3O. The third-order valence-corrected chi connectivity index (χ3v) is 9.36. The van der Waals surface area contributed by atoms with E-state index in [0.29, 0.717) is 17.3 Å². The number of hydrogen-bond acceptors (Lipinski definition) is 4. The van der Waals surface area contributed by atoms with Crippen LogP contribution in [-0.2, 0) is 4.74 Å². The second-order valence-electron chi connectivity index (χ2n) is 12.2. The third kappa shape index (κ3) is 5.34. The van der Waals surface area contributed by atoms with Crippen molar-refractivity contribution >= 4 is 61.0 Å². The molecule has 0 heterocycles. The summed E-state index contributed by atoms with van der Waals surface area (Å²) in [4.78, 5) is 7.09. The summed E-state index contributed by atoms with van der Waals surface area (Å²) < 4.78 is 5.98. The first-order valence-electron chi connectivity index (χ1n) is 16.4. The molecule has 49 heavy (non-hydrogen) atoms. The summed E-state index contributed by atoms with van der Waals surface area (Å²) in [6, 6.07) is 57.3. The van der Waals surface area contributed by atoms with E-state index in [1.165, 1.54) is 49.0 Å². The number of nitrogens with two attached hydrogens (primary N) is 1. The van der Waals surface area contributed by atoms with Gasteiger partial charge < -0.3 is 15.4 Å². The predicted octanol–water partition coefficient (Wildman–Crippen LogP) is 11.6. The lowest BCUT2D eigenvalue weighted by atomic mass is 9.84. The van der Waals surface area contributed by atoms with E-state index in [0.717, 1.165) is 22.5 Å². The Labute approximate surface area is 286 Å². The average molecular weight is 634 g/mol. The van der Waals surface area contributed by atoms with Crippen LogP contribution in [0.25, 0.3) is 54.6 Å². The number of fused-ring (bicyclic) bond motifs is 3. The fraction of sp³-hybridized carbons (Fsp3) is 0.0444. The van der Waals surface area contributed by atoms with Crippen LogP contribution in [0.1, 0.15) is 5.56 Å². The molecule has 0 saturated heterocycles. The zero-order valence-electron chi connectivity index (χ0n) is 27.5. The van der Waals surface area contributed by atoms with Gasteiger partial charge in [0.15, 0.2) is 0 Å². The molecule has 0 radical (unpaired) electrons. The van der Waals surface area contributed by atoms with Crippen LogP contribution in [0.5, 0.6) is 0 Å². The molecule has 0 spiro atoms. The molecule has 0 aliphatic carbocycles. The van der Waals surface area contributed by atoms with Gasteiger partial charge in [0.25, 0.3) is 0 Å². The maximum atomic E-state index is 6.31. The van der Waals surface area contributed by atoms with Gasteiger partial charge in [-0.25, -0.2) is 4.99 Å². The Balaban J connectivity index is 1.41. The van der Waals surface area contributed by atoms with Crippen molar-refractivity contribution in [2.75, 3.05) is 24.8 Å². The largest absolute Gasteiger partial charge is 0.480 e. The molecule has 236 valence electrons. The SMILES string of the molecule is COC(=Nc1ccccc1N)c1ccc(-c2c3ccccc3c(-c3cccc4ccccc34)c3ccccc23)cc1N(C)c1ccccc1. The van der Waals surface area contributed by atoms with E-state index in [-0.39, 0.29) is 0 Å². The Morgan fingerprint density at radius 3 is 1.82 bits per heavy atom. The van der Waals surface area contributed by atoms with Crippen molar-refractivity contribution in [2.24, 2.45) is 4.99 Å². The Bertz CT molecular complexity index is 2460. The number of nitrogen functional groups attached to an aromatic ring is 1. The third-order valence-electron chi connectivity index (χ3n) is 9.36. The van der Waals surface area contributed by atoms with Crippen molar-refractivity contribution in [2.45, 2.75) is 0 Å². The highest BCUT2D eigenvalue weighted by Crippen LogP contribution is 2.46. The molecule has 0 saturated carbocycles. The summed E-state index contributed by atoms with van der Waals surface area (Å²) in [5.74, 6) is 0.489. The van der Waals surface area contributed by atoms with E-state index in [2.05, 4.69) is 145 Å². The number of para-hydroxylation sites is 3. The molecule has 8 rings (SSSR count). The number of aliphatic imine (C=N–C) groups is 1. The van der Waals surface area contributed by atoms with Gasteiger partial charge in [0.05, 0.1) is 29.7 Å². The standard InChI is InChI=1S/C45H35N3O/c1-48(32-17-4-3-5-18-32)42-29-31(27-28-39(42)45(49-2)47-41-26-13-12-25-40(41)46)43-35-20-8-10-22-37(35)44(38-23-11-9-21-36(38)43)34-24-14-16-30-15-6-7-19-33(30)34/h3-29H,46H2,1-2H3. The first-order chi connectivity index (χ1) is 24.1. The predicted molar refractivity (Wildman–Crippen MR) is 208 cm³/mol. The molecule has 2 N–H and O–H groups in total. The van der Waals surface area contributed by atoms with E-state index in [4.69, 9.17) is 15.5 Å². The average Bonchev–Trinajstić information content (AvgIpc) is 3.16. The van der Waals surface area contributed by atoms with Crippen LogP contribution in [-0.4, -0.2) is 20.1 Å². The number of anilines is 3. The number of nitrogens with zero attached hydrogens (tertiary/aromatic N) is 2. The summed E-state index contributed by atoms with van der Waals surface area (Å²) in [5.41, 5.74) is 15.2. The Morgan fingerprint density at radius 1 is 0.571 bits per heavy atom. The minimum Gasteiger partial charge on any atom is -0.480 e. The van der Waals surface area contributed by atoms with Gasteiger partial charge in [-0.3, -0.25) is 0 Å². The smallest absolute Gasteiger partial charge is 0.223 e. The second kappa shape index (κ2) is 12.7. The highest BCUT2D eigenvalue weighted by molar-refractivity contribution is 6.23. The maximum absolute atomic E-state index is 6.31. The van der Waals surface area contributed by atoms with Crippen LogP contribution >= 0.6 is 0 Å². The first-order valence-corrected chi connectivity index (χ1v) is 16.4. The second-order valence-corrected chi connectivity index (χ2v) is 12.2. The molecule has 0 amide bonds. The number of ether oxygens (including phenoxy) is 1. The molecule has 8 aromatic carbocycles. The van der Waals surface area contributed by atoms with Crippen LogP contribution < -0.4 is 10.6 Å². The van der Waals surface area contributed by atoms with Crippen molar-refractivity contribution in [3.05, 3.63) is 169 Å². The molecule has 0 atom stereocenters. The number of methoxy groups -OCH3 is 1. The van der Waals surface area contributed by atoms with Gasteiger partial charge in [-0.2, -0.15) is 0 Å². The summed E-state index contributed by atoms with van der Waals surface area (Å²) in [6.45, 7) is 0. The molecule has 8 aromatic rings. The summed E-state index contributed by atoms with van der Waals surface area (Å²) >= 11 is 0. The molecule has 0 fully saturated rings. The van der Waals surface area contributed by atoms with Gasteiger partial charge in [0, 0.05) is 12.7 Å². The maximum Gasteiger partial charge on any atom is 0.223 e. The van der Waals surface area contributed by atoms with Gasteiger partial charge >= 0.3 is 0 Å². The fourth-order valence-corrected chi connectivity index (χ4v) is 7.02. The molecule has 0 bridgehead atoms. The lowest BCUT2D eigenvalue weighted by Gasteiger charge is -2.25. The van der Waals surface area contributed by atoms with Crippen molar-refractivity contribution in [3.63, 3.8) is 0 Å². The molecule has 4 nitrogen and oxygen atoms in total. The highest BCUT2D eigenvalue weighted by atomic mass is 16.5. The monoisotopic (exact) mass is 633 g/mol. The van der Waals surface area contributed by atoms with E-state index < -0.39 is 0 Å². The zero-order chi connectivity index (χ0) is 33.3. The molecule has 0 unspecified atom stereocenters. The minimum absolute atomic E-state index is 0.489. The lowest BCUT2D eigenvalue weighted by molar-refractivity contribution is 0.405. The first kappa shape index (κ1) is 30.0. The summed E-state index contributed by atoms with van der Waals surface area (Å²) in [7, 11) is 3.74. The molecule has 0 aliphatic heterocycles. The van der Waals surface area contributed by atoms with E-state index in [1.54, 1.807) is 7.11 Å². The van der Waals surface area contributed by atoms with E-state index in [9.17, 15) is 0 Å². The molecule has 0 aliphatic rings. The van der Waals surface area contributed by atoms with Crippen LogP contribution in [0.2, 0.25) is 0 Å². The van der Waals surface area contributed by atoms with Gasteiger partial charge in [0.1, 0.15) is 0 Å². The molecular weight excluding hydrogens is 599 g/mol. The van der Waals surface area contributed by atoms with Gasteiger partial charge in [-0.15, -0.1) is 0 Å². The lowest BCUT2D eigenvalue weighted by Crippen LogP contribution is -2.15. The van der Waals surface area contributed by atoms with Gasteiger partial charge in [-0.1, -0.05) is 127 Å². The Kier molecular flexibility index (Phi) is 7.75. The van der Waals surface area contributed by atoms with E-state index >= 15 is 0 Å².